The van der Waals surface area contributed by atoms with E-state index in [9.17, 15) is 4.79 Å². The molecule has 2 N–H and O–H groups in total. The SMILES string of the molecule is CN1CCN(C(C)(C)C)C(CN)C1=O. The van der Waals surface area contributed by atoms with Gasteiger partial charge in [-0.2, -0.15) is 0 Å². The molecule has 4 heteroatoms. The number of likely N-dealkylation sites (N-methyl/N-ethyl adjacent to an activating group) is 1. The molecule has 1 saturated heterocycles. The second-order valence-corrected chi connectivity index (χ2v) is 4.88. The van der Waals surface area contributed by atoms with Crippen LogP contribution in [-0.2, 0) is 4.79 Å². The first-order valence-electron chi connectivity index (χ1n) is 5.09. The number of hydrogen-bond acceptors (Lipinski definition) is 3. The summed E-state index contributed by atoms with van der Waals surface area (Å²) in [5.41, 5.74) is 5.67. The van der Waals surface area contributed by atoms with Gasteiger partial charge in [0.2, 0.25) is 5.91 Å². The molecule has 1 unspecified atom stereocenters. The van der Waals surface area contributed by atoms with E-state index in [0.29, 0.717) is 6.54 Å². The first-order valence-corrected chi connectivity index (χ1v) is 5.09. The summed E-state index contributed by atoms with van der Waals surface area (Å²) < 4.78 is 0. The fourth-order valence-electron chi connectivity index (χ4n) is 1.94. The zero-order valence-electron chi connectivity index (χ0n) is 9.58. The van der Waals surface area contributed by atoms with E-state index in [0.717, 1.165) is 13.1 Å². The molecule has 0 aromatic rings. The van der Waals surface area contributed by atoms with Crippen LogP contribution in [-0.4, -0.2) is 54.0 Å². The summed E-state index contributed by atoms with van der Waals surface area (Å²) in [6, 6.07) is -0.145. The number of nitrogens with two attached hydrogens (primary N) is 1. The van der Waals surface area contributed by atoms with Crippen LogP contribution in [0.2, 0.25) is 0 Å². The Labute approximate surface area is 86.0 Å². The molecule has 1 amide bonds. The van der Waals surface area contributed by atoms with Crippen LogP contribution in [0.5, 0.6) is 0 Å². The van der Waals surface area contributed by atoms with Crippen LogP contribution in [0.15, 0.2) is 0 Å². The highest BCUT2D eigenvalue weighted by Gasteiger charge is 2.37. The van der Waals surface area contributed by atoms with E-state index < -0.39 is 0 Å². The predicted octanol–water partition coefficient (Wildman–Crippen LogP) is -0.114. The first-order chi connectivity index (χ1) is 6.38. The van der Waals surface area contributed by atoms with Gasteiger partial charge in [-0.25, -0.2) is 0 Å². The third kappa shape index (κ3) is 2.07. The molecule has 0 aromatic carbocycles. The first kappa shape index (κ1) is 11.5. The number of nitrogens with zero attached hydrogens (tertiary/aromatic N) is 2. The molecular formula is C10H21N3O. The normalized spacial score (nSPS) is 25.6. The molecule has 1 aliphatic rings. The Kier molecular flexibility index (Phi) is 3.17. The molecule has 0 aliphatic carbocycles. The Hall–Kier alpha value is -0.610. The van der Waals surface area contributed by atoms with Crippen molar-refractivity contribution in [3.05, 3.63) is 0 Å². The highest BCUT2D eigenvalue weighted by Crippen LogP contribution is 2.20. The van der Waals surface area contributed by atoms with Gasteiger partial charge in [-0.05, 0) is 20.8 Å². The number of carbonyl (C=O) groups is 1. The number of carbonyl (C=O) groups excluding carboxylic acids is 1. The fraction of sp³-hybridized carbons (Fsp3) is 0.900. The van der Waals surface area contributed by atoms with Gasteiger partial charge >= 0.3 is 0 Å². The van der Waals surface area contributed by atoms with Gasteiger partial charge in [0.15, 0.2) is 0 Å². The van der Waals surface area contributed by atoms with E-state index >= 15 is 0 Å². The molecule has 14 heavy (non-hydrogen) atoms. The quantitative estimate of drug-likeness (QED) is 0.641. The van der Waals surface area contributed by atoms with Gasteiger partial charge in [0.1, 0.15) is 6.04 Å². The second kappa shape index (κ2) is 3.87. The molecule has 0 saturated carbocycles. The van der Waals surface area contributed by atoms with Gasteiger partial charge in [-0.3, -0.25) is 9.69 Å². The van der Waals surface area contributed by atoms with E-state index in [4.69, 9.17) is 5.73 Å². The number of amides is 1. The number of rotatable bonds is 1. The molecule has 1 fully saturated rings. The summed E-state index contributed by atoms with van der Waals surface area (Å²) >= 11 is 0. The van der Waals surface area contributed by atoms with Crippen molar-refractivity contribution in [2.75, 3.05) is 26.7 Å². The Morgan fingerprint density at radius 2 is 2.00 bits per heavy atom. The molecule has 0 bridgehead atoms. The molecular weight excluding hydrogens is 178 g/mol. The van der Waals surface area contributed by atoms with Crippen molar-refractivity contribution in [3.63, 3.8) is 0 Å². The average molecular weight is 199 g/mol. The van der Waals surface area contributed by atoms with Crippen molar-refractivity contribution >= 4 is 5.91 Å². The lowest BCUT2D eigenvalue weighted by atomic mass is 10.00. The van der Waals surface area contributed by atoms with Gasteiger partial charge in [-0.15, -0.1) is 0 Å². The lowest BCUT2D eigenvalue weighted by Gasteiger charge is -2.45. The molecule has 1 atom stereocenters. The van der Waals surface area contributed by atoms with Gasteiger partial charge in [0.05, 0.1) is 0 Å². The standard InChI is InChI=1S/C10H21N3O/c1-10(2,3)13-6-5-12(4)9(14)8(13)7-11/h8H,5-7,11H2,1-4H3. The van der Waals surface area contributed by atoms with Crippen molar-refractivity contribution < 1.29 is 4.79 Å². The van der Waals surface area contributed by atoms with Gasteiger partial charge < -0.3 is 10.6 Å². The lowest BCUT2D eigenvalue weighted by Crippen LogP contribution is -2.63. The molecule has 0 spiro atoms. The van der Waals surface area contributed by atoms with Crippen molar-refractivity contribution in [2.24, 2.45) is 5.73 Å². The van der Waals surface area contributed by atoms with Crippen LogP contribution in [0.1, 0.15) is 20.8 Å². The van der Waals surface area contributed by atoms with E-state index in [-0.39, 0.29) is 17.5 Å². The Bertz CT molecular complexity index is 222. The van der Waals surface area contributed by atoms with Gasteiger partial charge in [-0.1, -0.05) is 0 Å². The number of piperazine rings is 1. The molecule has 1 aliphatic heterocycles. The summed E-state index contributed by atoms with van der Waals surface area (Å²) in [6.07, 6.45) is 0. The topological polar surface area (TPSA) is 49.6 Å². The van der Waals surface area contributed by atoms with E-state index in [1.807, 2.05) is 7.05 Å². The minimum absolute atomic E-state index is 0.0148. The summed E-state index contributed by atoms with van der Waals surface area (Å²) in [5.74, 6) is 0.147. The van der Waals surface area contributed by atoms with E-state index in [1.165, 1.54) is 0 Å². The van der Waals surface area contributed by atoms with Crippen LogP contribution in [0.25, 0.3) is 0 Å². The molecule has 4 nitrogen and oxygen atoms in total. The maximum atomic E-state index is 11.8. The highest BCUT2D eigenvalue weighted by molar-refractivity contribution is 5.82. The minimum Gasteiger partial charge on any atom is -0.343 e. The molecule has 1 rings (SSSR count). The molecule has 1 heterocycles. The second-order valence-electron chi connectivity index (χ2n) is 4.88. The third-order valence-electron chi connectivity index (χ3n) is 2.80. The van der Waals surface area contributed by atoms with Crippen LogP contribution in [0.3, 0.4) is 0 Å². The van der Waals surface area contributed by atoms with E-state index in [2.05, 4.69) is 25.7 Å². The minimum atomic E-state index is -0.145. The molecule has 82 valence electrons. The van der Waals surface area contributed by atoms with Crippen molar-refractivity contribution in [1.82, 2.24) is 9.80 Å². The van der Waals surface area contributed by atoms with Crippen molar-refractivity contribution in [1.29, 1.82) is 0 Å². The zero-order valence-corrected chi connectivity index (χ0v) is 9.58. The Morgan fingerprint density at radius 3 is 2.43 bits per heavy atom. The average Bonchev–Trinajstić information content (AvgIpc) is 2.07. The maximum absolute atomic E-state index is 11.8. The highest BCUT2D eigenvalue weighted by atomic mass is 16.2. The monoisotopic (exact) mass is 199 g/mol. The van der Waals surface area contributed by atoms with Crippen molar-refractivity contribution in [3.8, 4) is 0 Å². The smallest absolute Gasteiger partial charge is 0.241 e. The molecule has 0 aromatic heterocycles. The predicted molar refractivity (Wildman–Crippen MR) is 56.9 cm³/mol. The zero-order chi connectivity index (χ0) is 10.9. The molecule has 0 radical (unpaired) electrons. The third-order valence-corrected chi connectivity index (χ3v) is 2.80. The Balaban J connectivity index is 2.83. The van der Waals surface area contributed by atoms with Gasteiger partial charge in [0, 0.05) is 32.2 Å². The summed E-state index contributed by atoms with van der Waals surface area (Å²) in [7, 11) is 1.84. The van der Waals surface area contributed by atoms with Crippen LogP contribution < -0.4 is 5.73 Å². The maximum Gasteiger partial charge on any atom is 0.241 e. The van der Waals surface area contributed by atoms with Crippen LogP contribution >= 0.6 is 0 Å². The van der Waals surface area contributed by atoms with Crippen LogP contribution in [0, 0.1) is 0 Å². The Morgan fingerprint density at radius 1 is 1.43 bits per heavy atom. The summed E-state index contributed by atoms with van der Waals surface area (Å²) in [4.78, 5) is 15.8. The fourth-order valence-corrected chi connectivity index (χ4v) is 1.94. The van der Waals surface area contributed by atoms with Crippen LogP contribution in [0.4, 0.5) is 0 Å². The largest absolute Gasteiger partial charge is 0.343 e. The summed E-state index contributed by atoms with van der Waals surface area (Å²) in [6.45, 7) is 8.47. The lowest BCUT2D eigenvalue weighted by molar-refractivity contribution is -0.143. The number of hydrogen-bond donors (Lipinski definition) is 1. The van der Waals surface area contributed by atoms with E-state index in [1.54, 1.807) is 4.90 Å². The van der Waals surface area contributed by atoms with Gasteiger partial charge in [0.25, 0.3) is 0 Å². The van der Waals surface area contributed by atoms with Crippen molar-refractivity contribution in [2.45, 2.75) is 32.4 Å². The summed E-state index contributed by atoms with van der Waals surface area (Å²) in [5, 5.41) is 0.